The van der Waals surface area contributed by atoms with Gasteiger partial charge in [-0.3, -0.25) is 9.59 Å². The third kappa shape index (κ3) is 9.33. The van der Waals surface area contributed by atoms with Gasteiger partial charge in [-0.25, -0.2) is 0 Å². The number of likely N-dealkylation sites (N-methyl/N-ethyl adjacent to an activating group) is 1. The van der Waals surface area contributed by atoms with E-state index in [0.717, 1.165) is 0 Å². The number of hydrogen-bond donors (Lipinski definition) is 4. The van der Waals surface area contributed by atoms with Crippen LogP contribution in [0.2, 0.25) is 0 Å². The molecule has 1 aromatic rings. The number of rotatable bonds is 13. The van der Waals surface area contributed by atoms with Gasteiger partial charge in [0.05, 0.1) is 13.2 Å². The van der Waals surface area contributed by atoms with Gasteiger partial charge in [0.25, 0.3) is 5.91 Å². The molecular weight excluding hydrogens is 340 g/mol. The number of ether oxygens (including phenoxy) is 3. The van der Waals surface area contributed by atoms with Gasteiger partial charge >= 0.3 is 0 Å². The maximum atomic E-state index is 11.9. The highest BCUT2D eigenvalue weighted by molar-refractivity contribution is 5.94. The fourth-order valence-electron chi connectivity index (χ4n) is 1.91. The zero-order valence-electron chi connectivity index (χ0n) is 15.0. The van der Waals surface area contributed by atoms with Crippen LogP contribution in [0.1, 0.15) is 17.3 Å². The standard InChI is InChI=1S/C17H28N4O5/c1-2-20-16(22)12-24-8-9-25-15(19)11-26-14-5-3-4-13(10-14)17(23)21-7-6-18/h3-5,10,15H,2,6-9,11-12,18-19H2,1H3,(H,20,22)(H,21,23). The molecule has 146 valence electrons. The number of nitrogens with two attached hydrogens (primary N) is 2. The van der Waals surface area contributed by atoms with Crippen molar-refractivity contribution in [3.8, 4) is 5.75 Å². The quantitative estimate of drug-likeness (QED) is 0.264. The minimum Gasteiger partial charge on any atom is -0.489 e. The van der Waals surface area contributed by atoms with Crippen molar-refractivity contribution in [3.05, 3.63) is 29.8 Å². The van der Waals surface area contributed by atoms with E-state index in [2.05, 4.69) is 10.6 Å². The van der Waals surface area contributed by atoms with Crippen molar-refractivity contribution in [3.63, 3.8) is 0 Å². The summed E-state index contributed by atoms with van der Waals surface area (Å²) in [5.41, 5.74) is 11.6. The zero-order chi connectivity index (χ0) is 19.2. The number of nitrogens with one attached hydrogen (secondary N) is 2. The van der Waals surface area contributed by atoms with E-state index in [0.29, 0.717) is 30.9 Å². The van der Waals surface area contributed by atoms with Crippen LogP contribution in [0.4, 0.5) is 0 Å². The van der Waals surface area contributed by atoms with E-state index in [9.17, 15) is 9.59 Å². The number of carbonyl (C=O) groups is 2. The Bertz CT molecular complexity index is 556. The largest absolute Gasteiger partial charge is 0.489 e. The molecule has 9 heteroatoms. The zero-order valence-corrected chi connectivity index (χ0v) is 15.0. The Labute approximate surface area is 153 Å². The van der Waals surface area contributed by atoms with E-state index in [1.165, 1.54) is 0 Å². The number of carbonyl (C=O) groups excluding carboxylic acids is 2. The lowest BCUT2D eigenvalue weighted by molar-refractivity contribution is -0.126. The maximum absolute atomic E-state index is 11.9. The van der Waals surface area contributed by atoms with Gasteiger partial charge in [-0.05, 0) is 25.1 Å². The Kier molecular flexibility index (Phi) is 11.0. The normalized spacial score (nSPS) is 11.7. The molecule has 1 unspecified atom stereocenters. The molecule has 9 nitrogen and oxygen atoms in total. The van der Waals surface area contributed by atoms with E-state index < -0.39 is 6.23 Å². The summed E-state index contributed by atoms with van der Waals surface area (Å²) >= 11 is 0. The molecule has 0 saturated carbocycles. The number of hydrogen-bond acceptors (Lipinski definition) is 7. The average Bonchev–Trinajstić information content (AvgIpc) is 2.64. The monoisotopic (exact) mass is 368 g/mol. The molecule has 0 aliphatic heterocycles. The Morgan fingerprint density at radius 2 is 2.04 bits per heavy atom. The molecule has 1 atom stereocenters. The molecular formula is C17H28N4O5. The predicted molar refractivity (Wildman–Crippen MR) is 96.8 cm³/mol. The SMILES string of the molecule is CCNC(=O)COCCOC(N)COc1cccc(C(=O)NCCN)c1. The van der Waals surface area contributed by atoms with Crippen LogP contribution in [-0.2, 0) is 14.3 Å². The van der Waals surface area contributed by atoms with Gasteiger partial charge in [-0.2, -0.15) is 0 Å². The first-order valence-electron chi connectivity index (χ1n) is 8.49. The topological polar surface area (TPSA) is 138 Å². The highest BCUT2D eigenvalue weighted by Crippen LogP contribution is 2.13. The summed E-state index contributed by atoms with van der Waals surface area (Å²) in [5, 5.41) is 5.31. The summed E-state index contributed by atoms with van der Waals surface area (Å²) in [6.07, 6.45) is -0.655. The van der Waals surface area contributed by atoms with Crippen molar-refractivity contribution < 1.29 is 23.8 Å². The van der Waals surface area contributed by atoms with E-state index >= 15 is 0 Å². The third-order valence-corrected chi connectivity index (χ3v) is 3.11. The van der Waals surface area contributed by atoms with Crippen LogP contribution >= 0.6 is 0 Å². The van der Waals surface area contributed by atoms with Crippen molar-refractivity contribution in [2.24, 2.45) is 11.5 Å². The minimum atomic E-state index is -0.655. The summed E-state index contributed by atoms with van der Waals surface area (Å²) in [4.78, 5) is 23.0. The van der Waals surface area contributed by atoms with E-state index in [-0.39, 0.29) is 38.2 Å². The lowest BCUT2D eigenvalue weighted by atomic mass is 10.2. The summed E-state index contributed by atoms with van der Waals surface area (Å²) < 4.78 is 16.0. The van der Waals surface area contributed by atoms with Crippen LogP contribution in [0.3, 0.4) is 0 Å². The molecule has 26 heavy (non-hydrogen) atoms. The molecule has 0 aliphatic carbocycles. The second kappa shape index (κ2) is 13.1. The molecule has 6 N–H and O–H groups in total. The van der Waals surface area contributed by atoms with Crippen molar-refractivity contribution in [2.75, 3.05) is 46.1 Å². The molecule has 0 heterocycles. The van der Waals surface area contributed by atoms with Crippen LogP contribution in [0.5, 0.6) is 5.75 Å². The lowest BCUT2D eigenvalue weighted by Gasteiger charge is -2.15. The second-order valence-corrected chi connectivity index (χ2v) is 5.30. The fraction of sp³-hybridized carbons (Fsp3) is 0.529. The summed E-state index contributed by atoms with van der Waals surface area (Å²) in [7, 11) is 0. The molecule has 0 spiro atoms. The fourth-order valence-corrected chi connectivity index (χ4v) is 1.91. The summed E-state index contributed by atoms with van der Waals surface area (Å²) in [5.74, 6) is 0.123. The summed E-state index contributed by atoms with van der Waals surface area (Å²) in [6, 6.07) is 6.74. The maximum Gasteiger partial charge on any atom is 0.251 e. The highest BCUT2D eigenvalue weighted by atomic mass is 16.6. The van der Waals surface area contributed by atoms with Gasteiger partial charge in [0, 0.05) is 25.2 Å². The van der Waals surface area contributed by atoms with Crippen LogP contribution < -0.4 is 26.8 Å². The Morgan fingerprint density at radius 1 is 1.23 bits per heavy atom. The number of benzene rings is 1. The van der Waals surface area contributed by atoms with Crippen molar-refractivity contribution in [1.82, 2.24) is 10.6 Å². The first-order valence-corrected chi connectivity index (χ1v) is 8.49. The molecule has 0 bridgehead atoms. The highest BCUT2D eigenvalue weighted by Gasteiger charge is 2.08. The molecule has 1 aromatic carbocycles. The van der Waals surface area contributed by atoms with Gasteiger partial charge < -0.3 is 36.3 Å². The Hall–Kier alpha value is -2.20. The van der Waals surface area contributed by atoms with Crippen molar-refractivity contribution in [1.29, 1.82) is 0 Å². The Balaban J connectivity index is 2.24. The van der Waals surface area contributed by atoms with E-state index in [4.69, 9.17) is 25.7 Å². The Morgan fingerprint density at radius 3 is 2.77 bits per heavy atom. The molecule has 1 rings (SSSR count). The molecule has 0 saturated heterocycles. The molecule has 0 aromatic heterocycles. The smallest absolute Gasteiger partial charge is 0.251 e. The number of amides is 2. The minimum absolute atomic E-state index is 0.0120. The predicted octanol–water partition coefficient (Wildman–Crippen LogP) is -0.792. The van der Waals surface area contributed by atoms with Gasteiger partial charge in [0.1, 0.15) is 25.2 Å². The first kappa shape index (κ1) is 21.8. The van der Waals surface area contributed by atoms with E-state index in [1.54, 1.807) is 24.3 Å². The molecule has 0 aliphatic rings. The van der Waals surface area contributed by atoms with Gasteiger partial charge in [-0.1, -0.05) is 6.07 Å². The van der Waals surface area contributed by atoms with Crippen molar-refractivity contribution in [2.45, 2.75) is 13.2 Å². The lowest BCUT2D eigenvalue weighted by Crippen LogP contribution is -2.33. The molecule has 2 amide bonds. The average molecular weight is 368 g/mol. The van der Waals surface area contributed by atoms with Crippen LogP contribution in [-0.4, -0.2) is 64.1 Å². The van der Waals surface area contributed by atoms with Gasteiger partial charge in [0.2, 0.25) is 5.91 Å². The van der Waals surface area contributed by atoms with Crippen molar-refractivity contribution >= 4 is 11.8 Å². The van der Waals surface area contributed by atoms with Crippen LogP contribution in [0.25, 0.3) is 0 Å². The van der Waals surface area contributed by atoms with Crippen LogP contribution in [0.15, 0.2) is 24.3 Å². The van der Waals surface area contributed by atoms with Crippen LogP contribution in [0, 0.1) is 0 Å². The summed E-state index contributed by atoms with van der Waals surface area (Å²) in [6.45, 7) is 3.78. The molecule has 0 radical (unpaired) electrons. The third-order valence-electron chi connectivity index (χ3n) is 3.11. The first-order chi connectivity index (χ1) is 12.6. The van der Waals surface area contributed by atoms with E-state index in [1.807, 2.05) is 6.92 Å². The molecule has 0 fully saturated rings. The van der Waals surface area contributed by atoms with Gasteiger partial charge in [0.15, 0.2) is 0 Å². The second-order valence-electron chi connectivity index (χ2n) is 5.30. The van der Waals surface area contributed by atoms with Gasteiger partial charge in [-0.15, -0.1) is 0 Å².